The number of aromatic amines is 1. The lowest BCUT2D eigenvalue weighted by Gasteiger charge is -2.34. The lowest BCUT2D eigenvalue weighted by molar-refractivity contribution is 0.0656. The second kappa shape index (κ2) is 7.12. The predicted molar refractivity (Wildman–Crippen MR) is 96.1 cm³/mol. The first kappa shape index (κ1) is 19.1. The van der Waals surface area contributed by atoms with Crippen molar-refractivity contribution in [2.24, 2.45) is 0 Å². The van der Waals surface area contributed by atoms with Crippen LogP contribution in [0.25, 0.3) is 0 Å². The van der Waals surface area contributed by atoms with Crippen LogP contribution >= 0.6 is 0 Å². The van der Waals surface area contributed by atoms with Crippen LogP contribution in [0, 0.1) is 13.8 Å². The number of aromatic nitrogens is 2. The molecule has 0 radical (unpaired) electrons. The molecule has 0 bridgehead atoms. The van der Waals surface area contributed by atoms with E-state index in [4.69, 9.17) is 0 Å². The van der Waals surface area contributed by atoms with Crippen molar-refractivity contribution < 1.29 is 23.1 Å². The Kier molecular flexibility index (Phi) is 5.03. The van der Waals surface area contributed by atoms with E-state index < -0.39 is 21.9 Å². The zero-order valence-electron chi connectivity index (χ0n) is 15.0. The summed E-state index contributed by atoms with van der Waals surface area (Å²) in [7, 11) is -3.71. The molecule has 0 atom stereocenters. The maximum atomic E-state index is 12.9. The van der Waals surface area contributed by atoms with Crippen molar-refractivity contribution in [1.82, 2.24) is 19.4 Å². The Balaban J connectivity index is 1.76. The number of sulfonamides is 1. The molecule has 144 valence electrons. The number of amides is 1. The summed E-state index contributed by atoms with van der Waals surface area (Å²) >= 11 is 0. The van der Waals surface area contributed by atoms with E-state index in [0.717, 1.165) is 0 Å². The van der Waals surface area contributed by atoms with E-state index in [1.165, 1.54) is 21.3 Å². The second-order valence-electron chi connectivity index (χ2n) is 6.31. The summed E-state index contributed by atoms with van der Waals surface area (Å²) in [5.74, 6) is -1.59. The average Bonchev–Trinajstić information content (AvgIpc) is 3.00. The van der Waals surface area contributed by atoms with Crippen molar-refractivity contribution in [3.05, 3.63) is 46.8 Å². The maximum absolute atomic E-state index is 12.9. The molecule has 1 saturated heterocycles. The molecule has 1 amide bonds. The molecule has 1 aliphatic rings. The molecule has 2 N–H and O–H groups in total. The molecular weight excluding hydrogens is 372 g/mol. The summed E-state index contributed by atoms with van der Waals surface area (Å²) in [6.45, 7) is 3.90. The Bertz CT molecular complexity index is 971. The van der Waals surface area contributed by atoms with E-state index in [1.54, 1.807) is 26.0 Å². The zero-order valence-corrected chi connectivity index (χ0v) is 15.8. The minimum Gasteiger partial charge on any atom is -0.478 e. The number of hydrogen-bond donors (Lipinski definition) is 2. The van der Waals surface area contributed by atoms with Gasteiger partial charge in [-0.3, -0.25) is 9.89 Å². The molecule has 3 rings (SSSR count). The number of aryl methyl sites for hydroxylation is 2. The number of benzene rings is 1. The van der Waals surface area contributed by atoms with Gasteiger partial charge in [-0.1, -0.05) is 12.1 Å². The van der Waals surface area contributed by atoms with E-state index >= 15 is 0 Å². The number of piperazine rings is 1. The molecule has 1 fully saturated rings. The molecule has 9 nitrogen and oxygen atoms in total. The first-order chi connectivity index (χ1) is 12.7. The van der Waals surface area contributed by atoms with Gasteiger partial charge in [0.05, 0.1) is 22.5 Å². The molecule has 1 aromatic carbocycles. The van der Waals surface area contributed by atoms with Gasteiger partial charge in [0.15, 0.2) is 0 Å². The highest BCUT2D eigenvalue weighted by Crippen LogP contribution is 2.23. The first-order valence-corrected chi connectivity index (χ1v) is 9.81. The third kappa shape index (κ3) is 3.45. The molecule has 0 unspecified atom stereocenters. The first-order valence-electron chi connectivity index (χ1n) is 8.36. The van der Waals surface area contributed by atoms with Crippen LogP contribution in [0.5, 0.6) is 0 Å². The fraction of sp³-hybridized carbons (Fsp3) is 0.353. The monoisotopic (exact) mass is 392 g/mol. The Morgan fingerprint density at radius 2 is 1.67 bits per heavy atom. The van der Waals surface area contributed by atoms with Crippen molar-refractivity contribution in [3.63, 3.8) is 0 Å². The van der Waals surface area contributed by atoms with Gasteiger partial charge in [-0.05, 0) is 26.0 Å². The quantitative estimate of drug-likeness (QED) is 0.796. The van der Waals surface area contributed by atoms with Crippen molar-refractivity contribution in [2.45, 2.75) is 18.7 Å². The molecule has 1 aliphatic heterocycles. The predicted octanol–water partition coefficient (Wildman–Crippen LogP) is 0.871. The summed E-state index contributed by atoms with van der Waals surface area (Å²) < 4.78 is 27.1. The van der Waals surface area contributed by atoms with Gasteiger partial charge >= 0.3 is 5.97 Å². The largest absolute Gasteiger partial charge is 0.478 e. The molecule has 0 saturated carbocycles. The summed E-state index contributed by atoms with van der Waals surface area (Å²) in [6.07, 6.45) is 0. The van der Waals surface area contributed by atoms with Gasteiger partial charge in [-0.25, -0.2) is 13.2 Å². The van der Waals surface area contributed by atoms with Crippen LogP contribution in [0.1, 0.15) is 32.1 Å². The second-order valence-corrected chi connectivity index (χ2v) is 8.18. The third-order valence-electron chi connectivity index (χ3n) is 4.57. The van der Waals surface area contributed by atoms with Gasteiger partial charge < -0.3 is 10.0 Å². The fourth-order valence-corrected chi connectivity index (χ4v) is 4.96. The Morgan fingerprint density at radius 1 is 1.07 bits per heavy atom. The molecule has 0 aliphatic carbocycles. The highest BCUT2D eigenvalue weighted by atomic mass is 32.2. The van der Waals surface area contributed by atoms with Crippen molar-refractivity contribution in [1.29, 1.82) is 0 Å². The molecule has 1 aromatic heterocycles. The van der Waals surface area contributed by atoms with Crippen LogP contribution in [0.2, 0.25) is 0 Å². The molecule has 27 heavy (non-hydrogen) atoms. The Hall–Kier alpha value is -2.72. The zero-order chi connectivity index (χ0) is 19.8. The fourth-order valence-electron chi connectivity index (χ4n) is 3.21. The molecular formula is C17H20N4O5S. The van der Waals surface area contributed by atoms with E-state index in [2.05, 4.69) is 10.2 Å². The molecule has 10 heteroatoms. The van der Waals surface area contributed by atoms with Gasteiger partial charge in [0, 0.05) is 26.2 Å². The lowest BCUT2D eigenvalue weighted by atomic mass is 10.1. The number of carboxylic acid groups (broad SMARTS) is 1. The number of hydrogen-bond acceptors (Lipinski definition) is 5. The lowest BCUT2D eigenvalue weighted by Crippen LogP contribution is -2.50. The van der Waals surface area contributed by atoms with Gasteiger partial charge in [0.2, 0.25) is 10.0 Å². The number of carbonyl (C=O) groups is 2. The van der Waals surface area contributed by atoms with Gasteiger partial charge in [0.1, 0.15) is 4.90 Å². The van der Waals surface area contributed by atoms with Gasteiger partial charge in [0.25, 0.3) is 5.91 Å². The standard InChI is InChI=1S/C17H20N4O5S/c1-11-15(12(2)19-18-11)27(25,26)21-9-7-20(8-10-21)16(22)13-5-3-4-6-14(13)17(23)24/h3-6H,7-10H2,1-2H3,(H,18,19)(H,23,24). The Morgan fingerprint density at radius 3 is 2.19 bits per heavy atom. The number of H-pyrrole nitrogens is 1. The van der Waals surface area contributed by atoms with E-state index in [0.29, 0.717) is 11.4 Å². The average molecular weight is 392 g/mol. The van der Waals surface area contributed by atoms with E-state index in [-0.39, 0.29) is 42.2 Å². The Labute approximate surface area is 156 Å². The summed E-state index contributed by atoms with van der Waals surface area (Å²) in [5.41, 5.74) is 0.910. The number of nitrogens with zero attached hydrogens (tertiary/aromatic N) is 3. The number of carboxylic acids is 1. The minimum atomic E-state index is -3.71. The molecule has 2 aromatic rings. The van der Waals surface area contributed by atoms with Crippen molar-refractivity contribution in [3.8, 4) is 0 Å². The minimum absolute atomic E-state index is 0.0674. The number of nitrogens with one attached hydrogen (secondary N) is 1. The highest BCUT2D eigenvalue weighted by molar-refractivity contribution is 7.89. The maximum Gasteiger partial charge on any atom is 0.336 e. The number of aromatic carboxylic acids is 1. The van der Waals surface area contributed by atoms with Gasteiger partial charge in [-0.2, -0.15) is 9.40 Å². The van der Waals surface area contributed by atoms with Crippen molar-refractivity contribution in [2.75, 3.05) is 26.2 Å². The van der Waals surface area contributed by atoms with Crippen LogP contribution in [0.3, 0.4) is 0 Å². The molecule has 0 spiro atoms. The van der Waals surface area contributed by atoms with Crippen LogP contribution in [0.15, 0.2) is 29.2 Å². The summed E-state index contributed by atoms with van der Waals surface area (Å²) in [5, 5.41) is 15.9. The summed E-state index contributed by atoms with van der Waals surface area (Å²) in [4.78, 5) is 25.7. The topological polar surface area (TPSA) is 124 Å². The normalized spacial score (nSPS) is 15.7. The van der Waals surface area contributed by atoms with E-state index in [9.17, 15) is 23.1 Å². The van der Waals surface area contributed by atoms with Crippen LogP contribution in [-0.2, 0) is 10.0 Å². The molecule has 2 heterocycles. The van der Waals surface area contributed by atoms with E-state index in [1.807, 2.05) is 0 Å². The van der Waals surface area contributed by atoms with Crippen LogP contribution in [0.4, 0.5) is 0 Å². The summed E-state index contributed by atoms with van der Waals surface area (Å²) in [6, 6.07) is 6.00. The smallest absolute Gasteiger partial charge is 0.336 e. The van der Waals surface area contributed by atoms with Crippen LogP contribution < -0.4 is 0 Å². The van der Waals surface area contributed by atoms with Crippen LogP contribution in [-0.4, -0.2) is 71.0 Å². The number of carbonyl (C=O) groups excluding carboxylic acids is 1. The SMILES string of the molecule is Cc1n[nH]c(C)c1S(=O)(=O)N1CCN(C(=O)c2ccccc2C(=O)O)CC1. The van der Waals surface area contributed by atoms with Crippen molar-refractivity contribution >= 4 is 21.9 Å². The third-order valence-corrected chi connectivity index (χ3v) is 6.73. The van der Waals surface area contributed by atoms with Gasteiger partial charge in [-0.15, -0.1) is 0 Å². The highest BCUT2D eigenvalue weighted by Gasteiger charge is 2.34. The number of rotatable bonds is 4.